The number of ether oxygens (including phenoxy) is 3. The predicted molar refractivity (Wildman–Crippen MR) is 110 cm³/mol. The first kappa shape index (κ1) is 22.7. The van der Waals surface area contributed by atoms with Crippen molar-refractivity contribution in [2.24, 2.45) is 0 Å². The molecule has 0 aliphatic carbocycles. The Labute approximate surface area is 175 Å². The van der Waals surface area contributed by atoms with E-state index in [-0.39, 0.29) is 31.2 Å². The Kier molecular flexibility index (Phi) is 8.68. The molecule has 8 heteroatoms. The van der Waals surface area contributed by atoms with E-state index in [1.54, 1.807) is 62.8 Å². The van der Waals surface area contributed by atoms with Crippen molar-refractivity contribution in [3.05, 3.63) is 59.7 Å². The SMILES string of the molecule is COC(=O)C(CNC(=O)Cc1ccc(OC)cc1)NC(=O)Cc1ccc(OC)cc1. The van der Waals surface area contributed by atoms with Crippen molar-refractivity contribution < 1.29 is 28.6 Å². The molecule has 0 saturated heterocycles. The first-order valence-electron chi connectivity index (χ1n) is 9.35. The maximum absolute atomic E-state index is 12.3. The lowest BCUT2D eigenvalue weighted by atomic mass is 10.1. The molecule has 0 aliphatic rings. The normalized spacial score (nSPS) is 11.2. The number of rotatable bonds is 10. The molecule has 0 aromatic heterocycles. The molecule has 2 rings (SSSR count). The van der Waals surface area contributed by atoms with Gasteiger partial charge in [0.1, 0.15) is 17.5 Å². The second-order valence-electron chi connectivity index (χ2n) is 6.50. The van der Waals surface area contributed by atoms with Gasteiger partial charge in [-0.25, -0.2) is 4.79 Å². The zero-order valence-electron chi connectivity index (χ0n) is 17.3. The van der Waals surface area contributed by atoms with Gasteiger partial charge in [-0.2, -0.15) is 0 Å². The number of benzene rings is 2. The van der Waals surface area contributed by atoms with Crippen molar-refractivity contribution in [1.82, 2.24) is 10.6 Å². The summed E-state index contributed by atoms with van der Waals surface area (Å²) >= 11 is 0. The minimum Gasteiger partial charge on any atom is -0.497 e. The maximum Gasteiger partial charge on any atom is 0.330 e. The number of methoxy groups -OCH3 is 3. The Hall–Kier alpha value is -3.55. The Morgan fingerprint density at radius 1 is 0.767 bits per heavy atom. The van der Waals surface area contributed by atoms with Gasteiger partial charge in [-0.05, 0) is 35.4 Å². The molecule has 1 unspecified atom stereocenters. The average Bonchev–Trinajstić information content (AvgIpc) is 2.77. The van der Waals surface area contributed by atoms with Gasteiger partial charge in [0.05, 0.1) is 34.2 Å². The molecule has 2 aromatic carbocycles. The van der Waals surface area contributed by atoms with E-state index in [0.29, 0.717) is 11.5 Å². The van der Waals surface area contributed by atoms with Gasteiger partial charge in [-0.15, -0.1) is 0 Å². The van der Waals surface area contributed by atoms with E-state index in [1.165, 1.54) is 7.11 Å². The molecule has 8 nitrogen and oxygen atoms in total. The van der Waals surface area contributed by atoms with Crippen LogP contribution in [-0.4, -0.2) is 51.7 Å². The lowest BCUT2D eigenvalue weighted by Crippen LogP contribution is -2.49. The van der Waals surface area contributed by atoms with E-state index in [1.807, 2.05) is 0 Å². The summed E-state index contributed by atoms with van der Waals surface area (Å²) in [6.07, 6.45) is 0.217. The molecule has 30 heavy (non-hydrogen) atoms. The van der Waals surface area contributed by atoms with Crippen molar-refractivity contribution in [3.8, 4) is 11.5 Å². The van der Waals surface area contributed by atoms with Crippen LogP contribution in [0.3, 0.4) is 0 Å². The number of carbonyl (C=O) groups is 3. The monoisotopic (exact) mass is 414 g/mol. The minimum atomic E-state index is -0.986. The molecule has 0 spiro atoms. The highest BCUT2D eigenvalue weighted by atomic mass is 16.5. The Morgan fingerprint density at radius 2 is 1.23 bits per heavy atom. The van der Waals surface area contributed by atoms with Gasteiger partial charge in [0.2, 0.25) is 11.8 Å². The molecule has 2 amide bonds. The van der Waals surface area contributed by atoms with Crippen LogP contribution < -0.4 is 20.1 Å². The fraction of sp³-hybridized carbons (Fsp3) is 0.318. The van der Waals surface area contributed by atoms with Crippen LogP contribution in [0.15, 0.2) is 48.5 Å². The summed E-state index contributed by atoms with van der Waals surface area (Å²) < 4.78 is 14.9. The average molecular weight is 414 g/mol. The fourth-order valence-electron chi connectivity index (χ4n) is 2.72. The van der Waals surface area contributed by atoms with Gasteiger partial charge < -0.3 is 24.8 Å². The highest BCUT2D eigenvalue weighted by Gasteiger charge is 2.22. The molecular weight excluding hydrogens is 388 g/mol. The van der Waals surface area contributed by atoms with Crippen LogP contribution >= 0.6 is 0 Å². The Morgan fingerprint density at radius 3 is 1.67 bits per heavy atom. The second kappa shape index (κ2) is 11.5. The van der Waals surface area contributed by atoms with Crippen molar-refractivity contribution in [2.45, 2.75) is 18.9 Å². The van der Waals surface area contributed by atoms with Gasteiger partial charge in [0.15, 0.2) is 0 Å². The largest absolute Gasteiger partial charge is 0.497 e. The maximum atomic E-state index is 12.3. The third-order valence-electron chi connectivity index (χ3n) is 4.37. The summed E-state index contributed by atoms with van der Waals surface area (Å²) in [5.41, 5.74) is 1.56. The van der Waals surface area contributed by atoms with Gasteiger partial charge >= 0.3 is 5.97 Å². The highest BCUT2D eigenvalue weighted by Crippen LogP contribution is 2.12. The van der Waals surface area contributed by atoms with E-state index in [0.717, 1.165) is 11.1 Å². The fourth-order valence-corrected chi connectivity index (χ4v) is 2.72. The number of hydrogen-bond acceptors (Lipinski definition) is 6. The number of esters is 1. The van der Waals surface area contributed by atoms with Gasteiger partial charge in [0.25, 0.3) is 0 Å². The Balaban J connectivity index is 1.88. The number of nitrogens with one attached hydrogen (secondary N) is 2. The third kappa shape index (κ3) is 7.12. The number of carbonyl (C=O) groups excluding carboxylic acids is 3. The summed E-state index contributed by atoms with van der Waals surface area (Å²) in [6.45, 7) is -0.0734. The molecule has 0 bridgehead atoms. The summed E-state index contributed by atoms with van der Waals surface area (Å²) in [7, 11) is 4.35. The summed E-state index contributed by atoms with van der Waals surface area (Å²) in [5.74, 6) is 0.108. The Bertz CT molecular complexity index is 849. The van der Waals surface area contributed by atoms with Crippen molar-refractivity contribution in [1.29, 1.82) is 0 Å². The summed E-state index contributed by atoms with van der Waals surface area (Å²) in [4.78, 5) is 36.5. The molecule has 0 heterocycles. The van der Waals surface area contributed by atoms with Crippen molar-refractivity contribution in [2.75, 3.05) is 27.9 Å². The first-order chi connectivity index (χ1) is 14.4. The van der Waals surface area contributed by atoms with Crippen LogP contribution in [-0.2, 0) is 32.0 Å². The zero-order chi connectivity index (χ0) is 21.9. The quantitative estimate of drug-likeness (QED) is 0.568. The molecule has 1 atom stereocenters. The summed E-state index contributed by atoms with van der Waals surface area (Å²) in [5, 5.41) is 5.26. The second-order valence-corrected chi connectivity index (χ2v) is 6.50. The zero-order valence-corrected chi connectivity index (χ0v) is 17.3. The highest BCUT2D eigenvalue weighted by molar-refractivity contribution is 5.86. The standard InChI is InChI=1S/C22H26N2O6/c1-28-17-8-4-15(5-9-17)12-20(25)23-14-19(22(27)30-3)24-21(26)13-16-6-10-18(29-2)11-7-16/h4-11,19H,12-14H2,1-3H3,(H,23,25)(H,24,26). The van der Waals surface area contributed by atoms with E-state index in [9.17, 15) is 14.4 Å². The smallest absolute Gasteiger partial charge is 0.330 e. The van der Waals surface area contributed by atoms with Crippen LogP contribution in [0.25, 0.3) is 0 Å². The molecule has 0 fully saturated rings. The van der Waals surface area contributed by atoms with Crippen molar-refractivity contribution in [3.63, 3.8) is 0 Å². The summed E-state index contributed by atoms with van der Waals surface area (Å²) in [6, 6.07) is 13.1. The van der Waals surface area contributed by atoms with Crippen LogP contribution in [0.5, 0.6) is 11.5 Å². The lowest BCUT2D eigenvalue weighted by molar-refractivity contribution is -0.145. The minimum absolute atomic E-state index is 0.0734. The molecule has 2 aromatic rings. The van der Waals surface area contributed by atoms with Gasteiger partial charge in [-0.3, -0.25) is 9.59 Å². The van der Waals surface area contributed by atoms with Gasteiger partial charge in [-0.1, -0.05) is 24.3 Å². The predicted octanol–water partition coefficient (Wildman–Crippen LogP) is 1.26. The topological polar surface area (TPSA) is 103 Å². The van der Waals surface area contributed by atoms with E-state index < -0.39 is 12.0 Å². The molecule has 0 aliphatic heterocycles. The van der Waals surface area contributed by atoms with Crippen LogP contribution in [0.2, 0.25) is 0 Å². The molecule has 2 N–H and O–H groups in total. The van der Waals surface area contributed by atoms with Crippen LogP contribution in [0, 0.1) is 0 Å². The molecule has 160 valence electrons. The van der Waals surface area contributed by atoms with Crippen LogP contribution in [0.1, 0.15) is 11.1 Å². The molecular formula is C22H26N2O6. The van der Waals surface area contributed by atoms with E-state index in [4.69, 9.17) is 14.2 Å². The van der Waals surface area contributed by atoms with Gasteiger partial charge in [0, 0.05) is 6.54 Å². The third-order valence-corrected chi connectivity index (χ3v) is 4.37. The van der Waals surface area contributed by atoms with E-state index >= 15 is 0 Å². The number of amides is 2. The van der Waals surface area contributed by atoms with Crippen LogP contribution in [0.4, 0.5) is 0 Å². The molecule has 0 saturated carbocycles. The molecule has 0 radical (unpaired) electrons. The first-order valence-corrected chi connectivity index (χ1v) is 9.35. The van der Waals surface area contributed by atoms with Crippen molar-refractivity contribution >= 4 is 17.8 Å². The van der Waals surface area contributed by atoms with E-state index in [2.05, 4.69) is 10.6 Å². The number of hydrogen-bond donors (Lipinski definition) is 2. The lowest BCUT2D eigenvalue weighted by Gasteiger charge is -2.17.